The van der Waals surface area contributed by atoms with Crippen LogP contribution >= 0.6 is 0 Å². The predicted octanol–water partition coefficient (Wildman–Crippen LogP) is 13.2. The van der Waals surface area contributed by atoms with E-state index < -0.39 is 0 Å². The minimum atomic E-state index is 0.675. The average molecular weight is 661 g/mol. The molecule has 0 spiro atoms. The van der Waals surface area contributed by atoms with Crippen LogP contribution < -0.4 is 0 Å². The van der Waals surface area contributed by atoms with Gasteiger partial charge in [-0.25, -0.2) is 0 Å². The molecule has 0 fully saturated rings. The summed E-state index contributed by atoms with van der Waals surface area (Å²) in [5.74, 6) is 6.02. The fourth-order valence-corrected chi connectivity index (χ4v) is 3.98. The highest BCUT2D eigenvalue weighted by atomic mass is 16.5. The third kappa shape index (κ3) is 70.3. The first-order valence-corrected chi connectivity index (χ1v) is 19.8. The molecule has 0 heterocycles. The highest BCUT2D eigenvalue weighted by molar-refractivity contribution is 4.49. The second kappa shape index (κ2) is 41.0. The molecule has 4 heteroatoms. The second-order valence-electron chi connectivity index (χ2n) is 16.7. The number of unbranched alkanes of at least 4 members (excludes halogenated alkanes) is 2. The molecule has 0 rings (SSSR count). The van der Waals surface area contributed by atoms with Gasteiger partial charge in [0.05, 0.1) is 0 Å². The van der Waals surface area contributed by atoms with E-state index in [1.807, 2.05) is 0 Å². The van der Waals surface area contributed by atoms with Crippen LogP contribution in [0, 0.1) is 47.3 Å². The van der Waals surface area contributed by atoms with Gasteiger partial charge in [-0.3, -0.25) is 0 Å². The summed E-state index contributed by atoms with van der Waals surface area (Å²) in [6, 6.07) is 0. The molecule has 0 aromatic rings. The highest BCUT2D eigenvalue weighted by Crippen LogP contribution is 2.08. The summed E-state index contributed by atoms with van der Waals surface area (Å²) in [5, 5.41) is 0. The van der Waals surface area contributed by atoms with Crippen LogP contribution in [-0.2, 0) is 18.9 Å². The van der Waals surface area contributed by atoms with Crippen molar-refractivity contribution in [2.45, 2.75) is 175 Å². The molecule has 0 N–H and O–H groups in total. The third-order valence-corrected chi connectivity index (χ3v) is 6.59. The van der Waals surface area contributed by atoms with E-state index in [0.29, 0.717) is 23.7 Å². The van der Waals surface area contributed by atoms with Crippen LogP contribution in [0.5, 0.6) is 0 Å². The van der Waals surface area contributed by atoms with Crippen molar-refractivity contribution in [3.63, 3.8) is 0 Å². The molecule has 0 aromatic carbocycles. The van der Waals surface area contributed by atoms with Crippen LogP contribution in [0.2, 0.25) is 0 Å². The van der Waals surface area contributed by atoms with Gasteiger partial charge in [-0.1, -0.05) is 136 Å². The lowest BCUT2D eigenvalue weighted by atomic mass is 10.1. The Labute approximate surface area is 293 Å². The molecule has 0 atom stereocenters. The van der Waals surface area contributed by atoms with E-state index in [1.54, 1.807) is 0 Å². The molecule has 4 nitrogen and oxygen atoms in total. The Bertz CT molecular complexity index is 422. The Hall–Kier alpha value is -0.160. The van der Waals surface area contributed by atoms with Gasteiger partial charge in [0.25, 0.3) is 0 Å². The molecule has 0 saturated heterocycles. The van der Waals surface area contributed by atoms with E-state index in [4.69, 9.17) is 18.9 Å². The maximum absolute atomic E-state index is 5.48. The standard InChI is InChI=1S/2C11H24O.2C10H22O/c2*1-10(2)7-5-6-8-12-9-11(3)4;2*1-9(2)6-5-7-11-8-10(3)4/h2*10-11H,5-9H2,1-4H3;2*9-10H,5-8H2,1-4H3. The first-order chi connectivity index (χ1) is 21.5. The predicted molar refractivity (Wildman–Crippen MR) is 208 cm³/mol. The molecule has 46 heavy (non-hydrogen) atoms. The molecule has 0 aliphatic carbocycles. The summed E-state index contributed by atoms with van der Waals surface area (Å²) in [6.45, 7) is 43.0. The zero-order chi connectivity index (χ0) is 36.2. The van der Waals surface area contributed by atoms with E-state index in [1.165, 1.54) is 64.2 Å². The lowest BCUT2D eigenvalue weighted by Crippen LogP contribution is -2.03. The molecule has 0 amide bonds. The molecule has 0 unspecified atom stereocenters. The second-order valence-corrected chi connectivity index (χ2v) is 16.7. The average Bonchev–Trinajstić information content (AvgIpc) is 2.92. The molecule has 284 valence electrons. The molecule has 0 saturated carbocycles. The Morgan fingerprint density at radius 1 is 0.239 bits per heavy atom. The molecule has 0 radical (unpaired) electrons. The normalized spacial score (nSPS) is 11.5. The van der Waals surface area contributed by atoms with Gasteiger partial charge in [0, 0.05) is 52.9 Å². The van der Waals surface area contributed by atoms with Crippen molar-refractivity contribution in [3.8, 4) is 0 Å². The summed E-state index contributed by atoms with van der Waals surface area (Å²) in [6.07, 6.45) is 12.8. The monoisotopic (exact) mass is 661 g/mol. The fraction of sp³-hybridized carbons (Fsp3) is 1.00. The number of rotatable bonds is 26. The lowest BCUT2D eigenvalue weighted by Gasteiger charge is -2.07. The summed E-state index contributed by atoms with van der Waals surface area (Å²) in [5.41, 5.74) is 0. The zero-order valence-electron chi connectivity index (χ0n) is 35.0. The van der Waals surface area contributed by atoms with Crippen LogP contribution in [0.1, 0.15) is 175 Å². The Kier molecular flexibility index (Phi) is 46.9. The van der Waals surface area contributed by atoms with Crippen molar-refractivity contribution < 1.29 is 18.9 Å². The smallest absolute Gasteiger partial charge is 0.0488 e. The van der Waals surface area contributed by atoms with Crippen molar-refractivity contribution in [1.82, 2.24) is 0 Å². The van der Waals surface area contributed by atoms with Crippen molar-refractivity contribution in [2.75, 3.05) is 52.9 Å². The van der Waals surface area contributed by atoms with Crippen LogP contribution in [0.15, 0.2) is 0 Å². The van der Waals surface area contributed by atoms with Crippen LogP contribution in [0.25, 0.3) is 0 Å². The van der Waals surface area contributed by atoms with Gasteiger partial charge < -0.3 is 18.9 Å². The number of hydrogen-bond donors (Lipinski definition) is 0. The first-order valence-electron chi connectivity index (χ1n) is 19.8. The maximum atomic E-state index is 5.48. The molecular formula is C42H92O4. The van der Waals surface area contributed by atoms with Gasteiger partial charge in [0.15, 0.2) is 0 Å². The summed E-state index contributed by atoms with van der Waals surface area (Å²) >= 11 is 0. The van der Waals surface area contributed by atoms with E-state index in [9.17, 15) is 0 Å². The van der Waals surface area contributed by atoms with Gasteiger partial charge >= 0.3 is 0 Å². The van der Waals surface area contributed by atoms with Crippen LogP contribution in [0.3, 0.4) is 0 Å². The van der Waals surface area contributed by atoms with E-state index in [2.05, 4.69) is 111 Å². The van der Waals surface area contributed by atoms with Gasteiger partial charge in [-0.15, -0.1) is 0 Å². The molecule has 0 aromatic heterocycles. The topological polar surface area (TPSA) is 36.9 Å². The van der Waals surface area contributed by atoms with E-state index in [0.717, 1.165) is 76.5 Å². The van der Waals surface area contributed by atoms with Crippen LogP contribution in [0.4, 0.5) is 0 Å². The van der Waals surface area contributed by atoms with Crippen molar-refractivity contribution in [1.29, 1.82) is 0 Å². The highest BCUT2D eigenvalue weighted by Gasteiger charge is 1.98. The zero-order valence-corrected chi connectivity index (χ0v) is 35.0. The van der Waals surface area contributed by atoms with Crippen molar-refractivity contribution in [2.24, 2.45) is 47.3 Å². The van der Waals surface area contributed by atoms with Gasteiger partial charge in [-0.05, 0) is 85.9 Å². The van der Waals surface area contributed by atoms with E-state index in [-0.39, 0.29) is 0 Å². The molecular weight excluding hydrogens is 568 g/mol. The largest absolute Gasteiger partial charge is 0.381 e. The summed E-state index contributed by atoms with van der Waals surface area (Å²) < 4.78 is 21.8. The van der Waals surface area contributed by atoms with Crippen molar-refractivity contribution in [3.05, 3.63) is 0 Å². The van der Waals surface area contributed by atoms with E-state index >= 15 is 0 Å². The first kappa shape index (κ1) is 52.6. The SMILES string of the molecule is CC(C)CCCCOCC(C)C.CC(C)CCCCOCC(C)C.CC(C)CCCOCC(C)C.CC(C)CCCOCC(C)C. The van der Waals surface area contributed by atoms with Gasteiger partial charge in [-0.2, -0.15) is 0 Å². The molecule has 0 aliphatic rings. The Balaban J connectivity index is -0.000000256. The third-order valence-electron chi connectivity index (χ3n) is 6.59. The number of ether oxygens (including phenoxy) is 4. The molecule has 0 bridgehead atoms. The quantitative estimate of drug-likeness (QED) is 0.0865. The van der Waals surface area contributed by atoms with Crippen molar-refractivity contribution >= 4 is 0 Å². The maximum Gasteiger partial charge on any atom is 0.0488 e. The van der Waals surface area contributed by atoms with Gasteiger partial charge in [0.2, 0.25) is 0 Å². The summed E-state index contributed by atoms with van der Waals surface area (Å²) in [4.78, 5) is 0. The Morgan fingerprint density at radius 3 is 0.630 bits per heavy atom. The minimum absolute atomic E-state index is 0.675. The minimum Gasteiger partial charge on any atom is -0.381 e. The summed E-state index contributed by atoms with van der Waals surface area (Å²) in [7, 11) is 0. The lowest BCUT2D eigenvalue weighted by molar-refractivity contribution is 0.105. The fourth-order valence-electron chi connectivity index (χ4n) is 3.98. The van der Waals surface area contributed by atoms with Crippen LogP contribution in [-0.4, -0.2) is 52.9 Å². The number of hydrogen-bond acceptors (Lipinski definition) is 4. The Morgan fingerprint density at radius 2 is 0.435 bits per heavy atom. The van der Waals surface area contributed by atoms with Gasteiger partial charge in [0.1, 0.15) is 0 Å². The molecule has 0 aliphatic heterocycles.